The molecule has 0 bridgehead atoms. The number of amides is 1. The van der Waals surface area contributed by atoms with Crippen LogP contribution in [0.15, 0.2) is 33.8 Å². The molecule has 1 N–H and O–H groups in total. The van der Waals surface area contributed by atoms with Gasteiger partial charge in [0.05, 0.1) is 23.3 Å². The van der Waals surface area contributed by atoms with E-state index in [1.807, 2.05) is 6.07 Å². The highest BCUT2D eigenvalue weighted by atomic mass is 79.9. The average Bonchev–Trinajstić information content (AvgIpc) is 3.02. The van der Waals surface area contributed by atoms with Crippen LogP contribution in [-0.2, 0) is 16.1 Å². The lowest BCUT2D eigenvalue weighted by molar-refractivity contribution is -0.122. The average molecular weight is 366 g/mol. The van der Waals surface area contributed by atoms with Crippen molar-refractivity contribution in [2.45, 2.75) is 25.5 Å². The van der Waals surface area contributed by atoms with Gasteiger partial charge in [0, 0.05) is 17.6 Å². The van der Waals surface area contributed by atoms with E-state index in [4.69, 9.17) is 4.74 Å². The van der Waals surface area contributed by atoms with Crippen molar-refractivity contribution in [3.63, 3.8) is 0 Å². The van der Waals surface area contributed by atoms with Crippen LogP contribution in [0.1, 0.15) is 12.8 Å². The summed E-state index contributed by atoms with van der Waals surface area (Å²) >= 11 is 3.34. The number of nitrogens with zero attached hydrogens (tertiary/aromatic N) is 2. The van der Waals surface area contributed by atoms with Crippen molar-refractivity contribution in [1.82, 2.24) is 14.9 Å². The summed E-state index contributed by atoms with van der Waals surface area (Å²) in [5.74, 6) is -0.214. The second kappa shape index (κ2) is 6.58. The maximum absolute atomic E-state index is 12.4. The Morgan fingerprint density at radius 1 is 1.50 bits per heavy atom. The number of hydrogen-bond acceptors (Lipinski definition) is 4. The van der Waals surface area contributed by atoms with Crippen LogP contribution < -0.4 is 10.9 Å². The molecule has 1 fully saturated rings. The molecule has 0 radical (unpaired) electrons. The minimum Gasteiger partial charge on any atom is -0.376 e. The molecule has 0 saturated carbocycles. The number of rotatable bonds is 4. The number of ether oxygens (including phenoxy) is 1. The Morgan fingerprint density at radius 2 is 2.36 bits per heavy atom. The second-order valence-corrected chi connectivity index (χ2v) is 6.19. The molecule has 3 rings (SSSR count). The zero-order chi connectivity index (χ0) is 15.5. The van der Waals surface area contributed by atoms with Crippen molar-refractivity contribution in [1.29, 1.82) is 0 Å². The minimum atomic E-state index is -0.224. The molecular weight excluding hydrogens is 350 g/mol. The molecule has 1 saturated heterocycles. The summed E-state index contributed by atoms with van der Waals surface area (Å²) < 4.78 is 7.57. The van der Waals surface area contributed by atoms with Gasteiger partial charge in [-0.05, 0) is 31.0 Å². The van der Waals surface area contributed by atoms with Gasteiger partial charge >= 0.3 is 0 Å². The van der Waals surface area contributed by atoms with Crippen molar-refractivity contribution >= 4 is 32.7 Å². The Morgan fingerprint density at radius 3 is 3.14 bits per heavy atom. The summed E-state index contributed by atoms with van der Waals surface area (Å²) in [7, 11) is 0. The first-order valence-electron chi connectivity index (χ1n) is 7.16. The van der Waals surface area contributed by atoms with E-state index in [0.29, 0.717) is 17.4 Å². The SMILES string of the molecule is O=C(Cn1cnc2ccc(Br)cc2c1=O)NCC1CCCO1. The first-order valence-corrected chi connectivity index (χ1v) is 7.96. The quantitative estimate of drug-likeness (QED) is 0.889. The van der Waals surface area contributed by atoms with Gasteiger partial charge in [-0.1, -0.05) is 15.9 Å². The number of benzene rings is 1. The standard InChI is InChI=1S/C15H16BrN3O3/c16-10-3-4-13-12(6-10)15(21)19(9-18-13)8-14(20)17-7-11-2-1-5-22-11/h3-4,6,9,11H,1-2,5,7-8H2,(H,17,20). The van der Waals surface area contributed by atoms with Gasteiger partial charge in [-0.15, -0.1) is 0 Å². The zero-order valence-electron chi connectivity index (χ0n) is 11.9. The van der Waals surface area contributed by atoms with Gasteiger partial charge in [0.2, 0.25) is 5.91 Å². The third-order valence-corrected chi connectivity index (χ3v) is 4.14. The normalized spacial score (nSPS) is 17.8. The van der Waals surface area contributed by atoms with Crippen molar-refractivity contribution in [2.75, 3.05) is 13.2 Å². The van der Waals surface area contributed by atoms with Gasteiger partial charge in [-0.25, -0.2) is 4.98 Å². The number of halogens is 1. The largest absolute Gasteiger partial charge is 0.376 e. The molecule has 0 aliphatic carbocycles. The van der Waals surface area contributed by atoms with Gasteiger partial charge in [-0.2, -0.15) is 0 Å². The molecule has 1 atom stereocenters. The van der Waals surface area contributed by atoms with Crippen LogP contribution in [0.2, 0.25) is 0 Å². The molecule has 22 heavy (non-hydrogen) atoms. The molecular formula is C15H16BrN3O3. The highest BCUT2D eigenvalue weighted by Crippen LogP contribution is 2.14. The molecule has 0 spiro atoms. The molecule has 1 aromatic carbocycles. The van der Waals surface area contributed by atoms with E-state index in [0.717, 1.165) is 23.9 Å². The molecule has 2 heterocycles. The van der Waals surface area contributed by atoms with Crippen LogP contribution in [-0.4, -0.2) is 34.7 Å². The fourth-order valence-corrected chi connectivity index (χ4v) is 2.85. The van der Waals surface area contributed by atoms with E-state index < -0.39 is 0 Å². The van der Waals surface area contributed by atoms with Crippen LogP contribution in [0.3, 0.4) is 0 Å². The van der Waals surface area contributed by atoms with Gasteiger partial charge in [0.25, 0.3) is 5.56 Å². The zero-order valence-corrected chi connectivity index (χ0v) is 13.5. The van der Waals surface area contributed by atoms with Crippen molar-refractivity contribution in [3.8, 4) is 0 Å². The molecule has 1 unspecified atom stereocenters. The summed E-state index contributed by atoms with van der Waals surface area (Å²) in [6.07, 6.45) is 3.49. The van der Waals surface area contributed by atoms with E-state index in [9.17, 15) is 9.59 Å². The Labute approximate surface area is 135 Å². The van der Waals surface area contributed by atoms with E-state index in [1.165, 1.54) is 10.9 Å². The third kappa shape index (κ3) is 3.36. The Bertz CT molecular complexity index is 753. The van der Waals surface area contributed by atoms with Gasteiger partial charge in [0.1, 0.15) is 6.54 Å². The van der Waals surface area contributed by atoms with Gasteiger partial charge < -0.3 is 10.1 Å². The van der Waals surface area contributed by atoms with E-state index >= 15 is 0 Å². The molecule has 1 amide bonds. The smallest absolute Gasteiger partial charge is 0.261 e. The Kier molecular flexibility index (Phi) is 4.54. The summed E-state index contributed by atoms with van der Waals surface area (Å²) in [6, 6.07) is 5.31. The topological polar surface area (TPSA) is 73.2 Å². The molecule has 7 heteroatoms. The fraction of sp³-hybridized carbons (Fsp3) is 0.400. The van der Waals surface area contributed by atoms with Crippen molar-refractivity contribution in [2.24, 2.45) is 0 Å². The van der Waals surface area contributed by atoms with Crippen molar-refractivity contribution < 1.29 is 9.53 Å². The van der Waals surface area contributed by atoms with Crippen LogP contribution in [0.5, 0.6) is 0 Å². The summed E-state index contributed by atoms with van der Waals surface area (Å²) in [4.78, 5) is 28.5. The predicted octanol–water partition coefficient (Wildman–Crippen LogP) is 1.45. The molecule has 116 valence electrons. The van der Waals surface area contributed by atoms with Gasteiger partial charge in [0.15, 0.2) is 0 Å². The molecule has 1 aromatic heterocycles. The number of carbonyl (C=O) groups is 1. The first-order chi connectivity index (χ1) is 10.6. The molecule has 1 aliphatic heterocycles. The number of hydrogen-bond donors (Lipinski definition) is 1. The highest BCUT2D eigenvalue weighted by Gasteiger charge is 2.16. The first kappa shape index (κ1) is 15.2. The van der Waals surface area contributed by atoms with Crippen LogP contribution in [0, 0.1) is 0 Å². The second-order valence-electron chi connectivity index (χ2n) is 5.28. The molecule has 6 nitrogen and oxygen atoms in total. The highest BCUT2D eigenvalue weighted by molar-refractivity contribution is 9.10. The third-order valence-electron chi connectivity index (χ3n) is 3.65. The lowest BCUT2D eigenvalue weighted by Gasteiger charge is -2.11. The van der Waals surface area contributed by atoms with Crippen LogP contribution in [0.25, 0.3) is 10.9 Å². The van der Waals surface area contributed by atoms with Gasteiger partial charge in [-0.3, -0.25) is 14.2 Å². The summed E-state index contributed by atoms with van der Waals surface area (Å²) in [5.41, 5.74) is 0.391. The van der Waals surface area contributed by atoms with Crippen molar-refractivity contribution in [3.05, 3.63) is 39.4 Å². The lowest BCUT2D eigenvalue weighted by atomic mass is 10.2. The number of fused-ring (bicyclic) bond motifs is 1. The van der Waals surface area contributed by atoms with Crippen LogP contribution in [0.4, 0.5) is 0 Å². The maximum atomic E-state index is 12.4. The maximum Gasteiger partial charge on any atom is 0.261 e. The predicted molar refractivity (Wildman–Crippen MR) is 85.7 cm³/mol. The summed E-state index contributed by atoms with van der Waals surface area (Å²) in [6.45, 7) is 1.20. The number of aromatic nitrogens is 2. The van der Waals surface area contributed by atoms with E-state index in [2.05, 4.69) is 26.2 Å². The Balaban J connectivity index is 1.71. The number of nitrogens with one attached hydrogen (secondary N) is 1. The monoisotopic (exact) mass is 365 g/mol. The minimum absolute atomic E-state index is 0.0407. The lowest BCUT2D eigenvalue weighted by Crippen LogP contribution is -2.36. The molecule has 2 aromatic rings. The van der Waals surface area contributed by atoms with E-state index in [-0.39, 0.29) is 24.1 Å². The van der Waals surface area contributed by atoms with Crippen LogP contribution >= 0.6 is 15.9 Å². The Hall–Kier alpha value is -1.73. The van der Waals surface area contributed by atoms with E-state index in [1.54, 1.807) is 12.1 Å². The summed E-state index contributed by atoms with van der Waals surface area (Å²) in [5, 5.41) is 3.29. The number of carbonyl (C=O) groups excluding carboxylic acids is 1. The fourth-order valence-electron chi connectivity index (χ4n) is 2.49. The molecule has 1 aliphatic rings.